The Balaban J connectivity index is 3.38. The topological polar surface area (TPSA) is 83.6 Å². The van der Waals surface area contributed by atoms with Crippen LogP contribution in [0.2, 0.25) is 5.02 Å². The summed E-state index contributed by atoms with van der Waals surface area (Å²) in [6, 6.07) is 0.977. The molecule has 5 nitrogen and oxygen atoms in total. The molecule has 0 fully saturated rings. The molecule has 0 spiro atoms. The summed E-state index contributed by atoms with van der Waals surface area (Å²) in [5, 5.41) is 9.19. The number of nitrogen functional groups attached to an aromatic ring is 1. The van der Waals surface area contributed by atoms with Gasteiger partial charge >= 0.3 is 0 Å². The third-order valence-electron chi connectivity index (χ3n) is 2.37. The number of nitrogens with two attached hydrogens (primary N) is 1. The Bertz CT molecular complexity index is 595. The number of sulfonamides is 1. The van der Waals surface area contributed by atoms with Crippen LogP contribution in [0, 0.1) is 5.82 Å². The summed E-state index contributed by atoms with van der Waals surface area (Å²) < 4.78 is 39.2. The van der Waals surface area contributed by atoms with Crippen LogP contribution in [0.3, 0.4) is 0 Å². The number of hydrogen-bond acceptors (Lipinski definition) is 4. The van der Waals surface area contributed by atoms with Crippen molar-refractivity contribution in [1.29, 1.82) is 0 Å². The fourth-order valence-corrected chi connectivity index (χ4v) is 3.34. The molecule has 0 saturated heterocycles. The van der Waals surface area contributed by atoms with Crippen LogP contribution in [0.4, 0.5) is 10.1 Å². The fraction of sp³-hybridized carbons (Fsp3) is 0.400. The summed E-state index contributed by atoms with van der Waals surface area (Å²) in [6.45, 7) is 1.25. The second-order valence-electron chi connectivity index (χ2n) is 4.03. The Morgan fingerprint density at radius 3 is 2.63 bits per heavy atom. The Morgan fingerprint density at radius 1 is 1.63 bits per heavy atom. The molecule has 1 rings (SSSR count). The molecule has 108 valence electrons. The van der Waals surface area contributed by atoms with Gasteiger partial charge in [-0.05, 0) is 28.9 Å². The van der Waals surface area contributed by atoms with Gasteiger partial charge in [0.05, 0.1) is 21.3 Å². The van der Waals surface area contributed by atoms with Gasteiger partial charge in [0.1, 0.15) is 4.90 Å². The number of hydrogen-bond donors (Lipinski definition) is 2. The van der Waals surface area contributed by atoms with Gasteiger partial charge in [-0.15, -0.1) is 0 Å². The van der Waals surface area contributed by atoms with E-state index < -0.39 is 26.8 Å². The van der Waals surface area contributed by atoms with Crippen molar-refractivity contribution in [3.8, 4) is 0 Å². The van der Waals surface area contributed by atoms with Gasteiger partial charge in [0, 0.05) is 13.6 Å². The number of aliphatic hydroxyl groups excluding tert-OH is 1. The van der Waals surface area contributed by atoms with Crippen molar-refractivity contribution in [2.45, 2.75) is 17.9 Å². The van der Waals surface area contributed by atoms with Gasteiger partial charge in [0.2, 0.25) is 10.0 Å². The van der Waals surface area contributed by atoms with Crippen molar-refractivity contribution in [3.63, 3.8) is 0 Å². The van der Waals surface area contributed by atoms with E-state index >= 15 is 0 Å². The highest BCUT2D eigenvalue weighted by molar-refractivity contribution is 9.10. The first kappa shape index (κ1) is 16.6. The summed E-state index contributed by atoms with van der Waals surface area (Å²) in [7, 11) is -2.88. The molecule has 1 atom stereocenters. The van der Waals surface area contributed by atoms with Crippen LogP contribution >= 0.6 is 27.5 Å². The molecule has 3 N–H and O–H groups in total. The molecular weight excluding hydrogens is 363 g/mol. The molecule has 1 aromatic carbocycles. The van der Waals surface area contributed by atoms with Gasteiger partial charge in [-0.3, -0.25) is 0 Å². The standard InChI is InChI=1S/C10H13BrClFN2O3S/c1-5(16)4-15(2)19(17,18)7-3-6(12)8(11)10(14)9(7)13/h3,5,16H,4,14H2,1-2H3. The predicted octanol–water partition coefficient (Wildman–Crippen LogP) is 1.83. The first-order valence-electron chi connectivity index (χ1n) is 5.16. The molecule has 0 amide bonds. The molecule has 0 aliphatic carbocycles. The van der Waals surface area contributed by atoms with Gasteiger partial charge in [-0.1, -0.05) is 11.6 Å². The number of nitrogens with zero attached hydrogens (tertiary/aromatic N) is 1. The highest BCUT2D eigenvalue weighted by Gasteiger charge is 2.28. The van der Waals surface area contributed by atoms with E-state index in [-0.39, 0.29) is 21.7 Å². The van der Waals surface area contributed by atoms with E-state index in [4.69, 9.17) is 17.3 Å². The van der Waals surface area contributed by atoms with Gasteiger partial charge in [0.25, 0.3) is 0 Å². The minimum atomic E-state index is -4.11. The molecular formula is C10H13BrClFN2O3S. The summed E-state index contributed by atoms with van der Waals surface area (Å²) >= 11 is 8.74. The highest BCUT2D eigenvalue weighted by atomic mass is 79.9. The van der Waals surface area contributed by atoms with Crippen LogP contribution in [-0.4, -0.2) is 37.5 Å². The zero-order valence-electron chi connectivity index (χ0n) is 10.2. The summed E-state index contributed by atoms with van der Waals surface area (Å²) in [4.78, 5) is -0.624. The first-order valence-corrected chi connectivity index (χ1v) is 7.77. The number of halogens is 3. The van der Waals surface area contributed by atoms with E-state index in [1.54, 1.807) is 0 Å². The molecule has 0 aliphatic heterocycles. The second-order valence-corrected chi connectivity index (χ2v) is 7.25. The molecule has 0 saturated carbocycles. The van der Waals surface area contributed by atoms with E-state index in [1.807, 2.05) is 0 Å². The summed E-state index contributed by atoms with van der Waals surface area (Å²) in [6.07, 6.45) is -0.883. The Kier molecular flexibility index (Phi) is 5.19. The van der Waals surface area contributed by atoms with Crippen LogP contribution in [0.25, 0.3) is 0 Å². The quantitative estimate of drug-likeness (QED) is 0.621. The molecule has 1 aromatic rings. The van der Waals surface area contributed by atoms with Crippen molar-refractivity contribution in [2.75, 3.05) is 19.3 Å². The largest absolute Gasteiger partial charge is 0.395 e. The molecule has 0 heterocycles. The average Bonchev–Trinajstić information content (AvgIpc) is 2.30. The maximum absolute atomic E-state index is 14.0. The second kappa shape index (κ2) is 5.92. The number of anilines is 1. The SMILES string of the molecule is CC(O)CN(C)S(=O)(=O)c1cc(Cl)c(Br)c(N)c1F. The first-order chi connectivity index (χ1) is 8.59. The summed E-state index contributed by atoms with van der Waals surface area (Å²) in [5.41, 5.74) is 5.06. The van der Waals surface area contributed by atoms with E-state index in [0.29, 0.717) is 0 Å². The third kappa shape index (κ3) is 3.38. The van der Waals surface area contributed by atoms with E-state index in [0.717, 1.165) is 10.4 Å². The van der Waals surface area contributed by atoms with E-state index in [1.165, 1.54) is 14.0 Å². The molecule has 9 heteroatoms. The average molecular weight is 376 g/mol. The lowest BCUT2D eigenvalue weighted by atomic mass is 10.3. The maximum atomic E-state index is 14.0. The lowest BCUT2D eigenvalue weighted by molar-refractivity contribution is 0.171. The Hall–Kier alpha value is -0.410. The fourth-order valence-electron chi connectivity index (χ4n) is 1.43. The highest BCUT2D eigenvalue weighted by Crippen LogP contribution is 2.35. The monoisotopic (exact) mass is 374 g/mol. The normalized spacial score (nSPS) is 13.8. The van der Waals surface area contributed by atoms with Gasteiger partial charge in [-0.2, -0.15) is 4.31 Å². The lowest BCUT2D eigenvalue weighted by Gasteiger charge is -2.19. The molecule has 19 heavy (non-hydrogen) atoms. The number of aliphatic hydroxyl groups is 1. The molecule has 0 bridgehead atoms. The Labute approximate surface area is 124 Å². The third-order valence-corrected chi connectivity index (χ3v) is 5.57. The lowest BCUT2D eigenvalue weighted by Crippen LogP contribution is -2.33. The molecule has 0 aromatic heterocycles. The Morgan fingerprint density at radius 2 is 2.16 bits per heavy atom. The minimum absolute atomic E-state index is 0.0112. The van der Waals surface area contributed by atoms with Crippen LogP contribution in [0.1, 0.15) is 6.92 Å². The summed E-state index contributed by atoms with van der Waals surface area (Å²) in [5.74, 6) is -1.08. The molecule has 0 radical (unpaired) electrons. The van der Waals surface area contributed by atoms with E-state index in [9.17, 15) is 17.9 Å². The number of benzene rings is 1. The predicted molar refractivity (Wildman–Crippen MR) is 75.0 cm³/mol. The van der Waals surface area contributed by atoms with Crippen molar-refractivity contribution in [1.82, 2.24) is 4.31 Å². The van der Waals surface area contributed by atoms with E-state index in [2.05, 4.69) is 15.9 Å². The molecule has 0 aliphatic rings. The smallest absolute Gasteiger partial charge is 0.245 e. The number of rotatable bonds is 4. The maximum Gasteiger partial charge on any atom is 0.245 e. The van der Waals surface area contributed by atoms with Crippen molar-refractivity contribution >= 4 is 43.2 Å². The molecule has 1 unspecified atom stereocenters. The van der Waals surface area contributed by atoms with Gasteiger partial charge in [-0.25, -0.2) is 12.8 Å². The zero-order chi connectivity index (χ0) is 15.0. The van der Waals surface area contributed by atoms with Crippen molar-refractivity contribution < 1.29 is 17.9 Å². The van der Waals surface area contributed by atoms with Crippen molar-refractivity contribution in [3.05, 3.63) is 21.4 Å². The van der Waals surface area contributed by atoms with Crippen LogP contribution in [0.15, 0.2) is 15.4 Å². The number of likely N-dealkylation sites (N-methyl/N-ethyl adjacent to an activating group) is 1. The van der Waals surface area contributed by atoms with Crippen LogP contribution in [0.5, 0.6) is 0 Å². The zero-order valence-corrected chi connectivity index (χ0v) is 13.4. The minimum Gasteiger partial charge on any atom is -0.395 e. The van der Waals surface area contributed by atoms with Crippen LogP contribution < -0.4 is 5.73 Å². The van der Waals surface area contributed by atoms with Crippen molar-refractivity contribution in [2.24, 2.45) is 0 Å². The van der Waals surface area contributed by atoms with Crippen LogP contribution in [-0.2, 0) is 10.0 Å². The van der Waals surface area contributed by atoms with Gasteiger partial charge in [0.15, 0.2) is 5.82 Å². The van der Waals surface area contributed by atoms with Gasteiger partial charge < -0.3 is 10.8 Å².